The Labute approximate surface area is 90.0 Å². The zero-order valence-corrected chi connectivity index (χ0v) is 8.71. The number of likely N-dealkylation sites (tertiary alicyclic amines) is 1. The minimum atomic E-state index is -0.376. The Kier molecular flexibility index (Phi) is 3.36. The molecule has 2 N–H and O–H groups in total. The molecule has 0 aromatic heterocycles. The third kappa shape index (κ3) is 2.37. The standard InChI is InChI=1S/C12H17NO2/c14-9-11-12(15)6-7-13(11)8-10-4-2-1-3-5-10/h1-5,11-12,14-15H,6-9H2/t11-,12+/m0/s1. The van der Waals surface area contributed by atoms with Crippen molar-refractivity contribution in [1.29, 1.82) is 0 Å². The van der Waals surface area contributed by atoms with Crippen LogP contribution in [0.4, 0.5) is 0 Å². The van der Waals surface area contributed by atoms with E-state index in [9.17, 15) is 10.2 Å². The molecular weight excluding hydrogens is 190 g/mol. The molecule has 2 rings (SSSR count). The van der Waals surface area contributed by atoms with Crippen LogP contribution in [-0.4, -0.2) is 40.4 Å². The van der Waals surface area contributed by atoms with E-state index in [4.69, 9.17) is 0 Å². The van der Waals surface area contributed by atoms with Crippen molar-refractivity contribution in [2.75, 3.05) is 13.2 Å². The third-order valence-electron chi connectivity index (χ3n) is 3.04. The molecule has 0 amide bonds. The predicted octanol–water partition coefficient (Wildman–Crippen LogP) is 0.614. The lowest BCUT2D eigenvalue weighted by Crippen LogP contribution is -2.37. The van der Waals surface area contributed by atoms with Gasteiger partial charge in [0, 0.05) is 13.1 Å². The summed E-state index contributed by atoms with van der Waals surface area (Å²) in [5.74, 6) is 0. The van der Waals surface area contributed by atoms with Gasteiger partial charge in [-0.2, -0.15) is 0 Å². The first kappa shape index (κ1) is 10.6. The Morgan fingerprint density at radius 2 is 2.00 bits per heavy atom. The van der Waals surface area contributed by atoms with Crippen molar-refractivity contribution < 1.29 is 10.2 Å². The van der Waals surface area contributed by atoms with Gasteiger partial charge in [-0.25, -0.2) is 0 Å². The van der Waals surface area contributed by atoms with Crippen LogP contribution in [-0.2, 0) is 6.54 Å². The second-order valence-corrected chi connectivity index (χ2v) is 4.06. The maximum Gasteiger partial charge on any atom is 0.0730 e. The van der Waals surface area contributed by atoms with Gasteiger partial charge >= 0.3 is 0 Å². The van der Waals surface area contributed by atoms with Gasteiger partial charge in [0.1, 0.15) is 0 Å². The Bertz CT molecular complexity index is 302. The first-order valence-electron chi connectivity index (χ1n) is 5.38. The van der Waals surface area contributed by atoms with Crippen LogP contribution in [0, 0.1) is 0 Å². The summed E-state index contributed by atoms with van der Waals surface area (Å²) in [6, 6.07) is 10.1. The van der Waals surface area contributed by atoms with Gasteiger partial charge in [0.25, 0.3) is 0 Å². The minimum Gasteiger partial charge on any atom is -0.395 e. The Balaban J connectivity index is 2.00. The topological polar surface area (TPSA) is 43.7 Å². The molecule has 1 aliphatic heterocycles. The lowest BCUT2D eigenvalue weighted by atomic mass is 10.1. The monoisotopic (exact) mass is 207 g/mol. The van der Waals surface area contributed by atoms with Crippen LogP contribution >= 0.6 is 0 Å². The van der Waals surface area contributed by atoms with E-state index < -0.39 is 0 Å². The van der Waals surface area contributed by atoms with Crippen LogP contribution in [0.25, 0.3) is 0 Å². The van der Waals surface area contributed by atoms with E-state index in [1.807, 2.05) is 18.2 Å². The number of rotatable bonds is 3. The Morgan fingerprint density at radius 1 is 1.27 bits per heavy atom. The van der Waals surface area contributed by atoms with Crippen molar-refractivity contribution in [3.63, 3.8) is 0 Å². The molecule has 1 heterocycles. The van der Waals surface area contributed by atoms with Gasteiger partial charge in [0.05, 0.1) is 18.8 Å². The zero-order valence-electron chi connectivity index (χ0n) is 8.71. The molecule has 1 saturated heterocycles. The van der Waals surface area contributed by atoms with Crippen LogP contribution < -0.4 is 0 Å². The average Bonchev–Trinajstić information content (AvgIpc) is 2.61. The molecule has 2 atom stereocenters. The second-order valence-electron chi connectivity index (χ2n) is 4.06. The van der Waals surface area contributed by atoms with Crippen molar-refractivity contribution in [2.24, 2.45) is 0 Å². The van der Waals surface area contributed by atoms with Crippen molar-refractivity contribution in [1.82, 2.24) is 4.90 Å². The van der Waals surface area contributed by atoms with E-state index in [0.29, 0.717) is 0 Å². The molecule has 0 bridgehead atoms. The molecule has 1 aromatic carbocycles. The summed E-state index contributed by atoms with van der Waals surface area (Å²) >= 11 is 0. The number of aliphatic hydroxyl groups is 2. The first-order valence-corrected chi connectivity index (χ1v) is 5.38. The molecule has 15 heavy (non-hydrogen) atoms. The van der Waals surface area contributed by atoms with Crippen LogP contribution in [0.15, 0.2) is 30.3 Å². The molecule has 0 aliphatic carbocycles. The van der Waals surface area contributed by atoms with E-state index >= 15 is 0 Å². The van der Waals surface area contributed by atoms with Gasteiger partial charge in [-0.3, -0.25) is 4.90 Å². The second kappa shape index (κ2) is 4.75. The molecule has 0 spiro atoms. The van der Waals surface area contributed by atoms with Gasteiger partial charge in [-0.15, -0.1) is 0 Å². The first-order chi connectivity index (χ1) is 7.31. The molecule has 1 aliphatic rings. The summed E-state index contributed by atoms with van der Waals surface area (Å²) in [7, 11) is 0. The molecule has 0 radical (unpaired) electrons. The number of benzene rings is 1. The van der Waals surface area contributed by atoms with Crippen LogP contribution in [0.1, 0.15) is 12.0 Å². The molecule has 3 heteroatoms. The summed E-state index contributed by atoms with van der Waals surface area (Å²) in [6.45, 7) is 1.71. The smallest absolute Gasteiger partial charge is 0.0730 e. The number of hydrogen-bond acceptors (Lipinski definition) is 3. The molecule has 1 aromatic rings. The molecule has 82 valence electrons. The third-order valence-corrected chi connectivity index (χ3v) is 3.04. The van der Waals surface area contributed by atoms with E-state index in [0.717, 1.165) is 19.5 Å². The highest BCUT2D eigenvalue weighted by Gasteiger charge is 2.31. The predicted molar refractivity (Wildman–Crippen MR) is 58.3 cm³/mol. The minimum absolute atomic E-state index is 0.0357. The van der Waals surface area contributed by atoms with Crippen molar-refractivity contribution >= 4 is 0 Å². The zero-order chi connectivity index (χ0) is 10.7. The normalized spacial score (nSPS) is 27.1. The van der Waals surface area contributed by atoms with E-state index in [1.165, 1.54) is 5.56 Å². The SMILES string of the molecule is OC[C@H]1[C@H](O)CCN1Cc1ccccc1. The fraction of sp³-hybridized carbons (Fsp3) is 0.500. The van der Waals surface area contributed by atoms with E-state index in [1.54, 1.807) is 0 Å². The van der Waals surface area contributed by atoms with E-state index in [-0.39, 0.29) is 18.8 Å². The molecular formula is C12H17NO2. The average molecular weight is 207 g/mol. The summed E-state index contributed by atoms with van der Waals surface area (Å²) < 4.78 is 0. The van der Waals surface area contributed by atoms with Gasteiger partial charge in [0.2, 0.25) is 0 Å². The summed E-state index contributed by atoms with van der Waals surface area (Å²) in [6.07, 6.45) is 0.386. The number of hydrogen-bond donors (Lipinski definition) is 2. The van der Waals surface area contributed by atoms with Gasteiger partial charge in [-0.1, -0.05) is 30.3 Å². The lowest BCUT2D eigenvalue weighted by molar-refractivity contribution is 0.0683. The van der Waals surface area contributed by atoms with Crippen LogP contribution in [0.2, 0.25) is 0 Å². The van der Waals surface area contributed by atoms with Gasteiger partial charge in [0.15, 0.2) is 0 Å². The summed E-state index contributed by atoms with van der Waals surface area (Å²) in [5, 5.41) is 18.8. The molecule has 0 saturated carbocycles. The highest BCUT2D eigenvalue weighted by Crippen LogP contribution is 2.20. The molecule has 1 fully saturated rings. The van der Waals surface area contributed by atoms with Gasteiger partial charge < -0.3 is 10.2 Å². The fourth-order valence-corrected chi connectivity index (χ4v) is 2.15. The fourth-order valence-electron chi connectivity index (χ4n) is 2.15. The molecule has 0 unspecified atom stereocenters. The van der Waals surface area contributed by atoms with Crippen LogP contribution in [0.3, 0.4) is 0 Å². The number of aliphatic hydroxyl groups excluding tert-OH is 2. The van der Waals surface area contributed by atoms with Crippen molar-refractivity contribution in [3.05, 3.63) is 35.9 Å². The summed E-state index contributed by atoms with van der Waals surface area (Å²) in [5.41, 5.74) is 1.23. The van der Waals surface area contributed by atoms with Gasteiger partial charge in [-0.05, 0) is 12.0 Å². The largest absolute Gasteiger partial charge is 0.395 e. The highest BCUT2D eigenvalue weighted by molar-refractivity contribution is 5.15. The van der Waals surface area contributed by atoms with E-state index in [2.05, 4.69) is 17.0 Å². The lowest BCUT2D eigenvalue weighted by Gasteiger charge is -2.24. The maximum absolute atomic E-state index is 9.64. The highest BCUT2D eigenvalue weighted by atomic mass is 16.3. The summed E-state index contributed by atoms with van der Waals surface area (Å²) in [4.78, 5) is 2.14. The van der Waals surface area contributed by atoms with Crippen molar-refractivity contribution in [2.45, 2.75) is 25.1 Å². The quantitative estimate of drug-likeness (QED) is 0.763. The van der Waals surface area contributed by atoms with Crippen LogP contribution in [0.5, 0.6) is 0 Å². The Hall–Kier alpha value is -0.900. The number of nitrogens with zero attached hydrogens (tertiary/aromatic N) is 1. The molecule has 3 nitrogen and oxygen atoms in total. The van der Waals surface area contributed by atoms with Crippen molar-refractivity contribution in [3.8, 4) is 0 Å². The Morgan fingerprint density at radius 3 is 2.67 bits per heavy atom. The maximum atomic E-state index is 9.64.